The summed E-state index contributed by atoms with van der Waals surface area (Å²) < 4.78 is 0. The Balaban J connectivity index is 1.74. The Morgan fingerprint density at radius 3 is 2.88 bits per heavy atom. The van der Waals surface area contributed by atoms with Gasteiger partial charge in [0.2, 0.25) is 0 Å². The SMILES string of the molecule is C=C1C[C@@]2(CC)[C@@H](CC[C@@]2(O)C#CBr)[C@@H]2CCC3=CC(=O)CC[C@@H]3[C@@H]12. The van der Waals surface area contributed by atoms with E-state index >= 15 is 0 Å². The van der Waals surface area contributed by atoms with Crippen molar-refractivity contribution in [2.45, 2.75) is 63.9 Å². The Labute approximate surface area is 159 Å². The minimum atomic E-state index is -0.900. The van der Waals surface area contributed by atoms with Crippen LogP contribution in [-0.2, 0) is 4.79 Å². The fraction of sp³-hybridized carbons (Fsp3) is 0.682. The fourth-order valence-corrected chi connectivity index (χ4v) is 7.28. The molecule has 0 saturated heterocycles. The Morgan fingerprint density at radius 2 is 2.16 bits per heavy atom. The number of aliphatic hydroxyl groups is 1. The fourth-order valence-electron chi connectivity index (χ4n) is 6.95. The first-order chi connectivity index (χ1) is 12.0. The molecule has 0 aliphatic heterocycles. The van der Waals surface area contributed by atoms with Crippen molar-refractivity contribution in [3.8, 4) is 10.8 Å². The molecule has 0 unspecified atom stereocenters. The number of hydrogen-bond donors (Lipinski definition) is 1. The van der Waals surface area contributed by atoms with Crippen LogP contribution >= 0.6 is 15.9 Å². The molecule has 3 saturated carbocycles. The van der Waals surface area contributed by atoms with Gasteiger partial charge in [-0.2, -0.15) is 0 Å². The molecule has 1 N–H and O–H groups in total. The summed E-state index contributed by atoms with van der Waals surface area (Å²) in [6.07, 6.45) is 9.44. The smallest absolute Gasteiger partial charge is 0.155 e. The standard InChI is InChI=1S/C22H27BrO2/c1-3-21-13-14(2)20-17-7-5-16(24)12-15(17)4-6-18(20)19(21)8-9-22(21,25)10-11-23/h12,17-20,25H,2-9,13H2,1H3/t17-,18-,19-,20+,21-,22+/m0/s1. The van der Waals surface area contributed by atoms with E-state index in [0.29, 0.717) is 35.9 Å². The summed E-state index contributed by atoms with van der Waals surface area (Å²) in [5.41, 5.74) is 1.61. The van der Waals surface area contributed by atoms with Crippen LogP contribution in [0.25, 0.3) is 0 Å². The van der Waals surface area contributed by atoms with Gasteiger partial charge in [-0.15, -0.1) is 0 Å². The van der Waals surface area contributed by atoms with Gasteiger partial charge in [0.1, 0.15) is 5.60 Å². The van der Waals surface area contributed by atoms with Crippen LogP contribution in [0.5, 0.6) is 0 Å². The van der Waals surface area contributed by atoms with E-state index in [0.717, 1.165) is 44.9 Å². The maximum absolute atomic E-state index is 11.8. The van der Waals surface area contributed by atoms with Crippen molar-refractivity contribution in [1.29, 1.82) is 0 Å². The summed E-state index contributed by atoms with van der Waals surface area (Å²) in [5, 5.41) is 11.4. The van der Waals surface area contributed by atoms with Crippen LogP contribution in [-0.4, -0.2) is 16.5 Å². The average molecular weight is 403 g/mol. The molecule has 3 heteroatoms. The minimum Gasteiger partial charge on any atom is -0.377 e. The van der Waals surface area contributed by atoms with Crippen molar-refractivity contribution in [1.82, 2.24) is 0 Å². The van der Waals surface area contributed by atoms with E-state index in [1.165, 1.54) is 11.1 Å². The van der Waals surface area contributed by atoms with Gasteiger partial charge in [-0.25, -0.2) is 0 Å². The van der Waals surface area contributed by atoms with E-state index in [1.807, 2.05) is 6.08 Å². The van der Waals surface area contributed by atoms with Crippen LogP contribution in [0.1, 0.15) is 58.3 Å². The van der Waals surface area contributed by atoms with E-state index in [1.54, 1.807) is 0 Å². The number of halogens is 1. The lowest BCUT2D eigenvalue weighted by atomic mass is 9.48. The van der Waals surface area contributed by atoms with Gasteiger partial charge in [0.05, 0.1) is 0 Å². The molecule has 0 aromatic carbocycles. The third kappa shape index (κ3) is 2.37. The van der Waals surface area contributed by atoms with Crippen molar-refractivity contribution < 1.29 is 9.90 Å². The van der Waals surface area contributed by atoms with Crippen molar-refractivity contribution in [3.63, 3.8) is 0 Å². The van der Waals surface area contributed by atoms with E-state index < -0.39 is 5.60 Å². The van der Waals surface area contributed by atoms with Crippen LogP contribution in [0.3, 0.4) is 0 Å². The first-order valence-corrected chi connectivity index (χ1v) is 10.5. The normalized spacial score (nSPS) is 45.6. The molecule has 0 aromatic heterocycles. The molecule has 4 rings (SSSR count). The lowest BCUT2D eigenvalue weighted by Gasteiger charge is -2.56. The van der Waals surface area contributed by atoms with E-state index in [4.69, 9.17) is 0 Å². The molecule has 2 nitrogen and oxygen atoms in total. The highest BCUT2D eigenvalue weighted by molar-refractivity contribution is 9.12. The average Bonchev–Trinajstić information content (AvgIpc) is 2.87. The highest BCUT2D eigenvalue weighted by atomic mass is 79.9. The van der Waals surface area contributed by atoms with Gasteiger partial charge >= 0.3 is 0 Å². The number of carbonyl (C=O) groups excluding carboxylic acids is 1. The summed E-state index contributed by atoms with van der Waals surface area (Å²) in [6, 6.07) is 0. The molecule has 134 valence electrons. The van der Waals surface area contributed by atoms with Crippen molar-refractivity contribution in [2.75, 3.05) is 0 Å². The number of fused-ring (bicyclic) bond motifs is 5. The Bertz CT molecular complexity index is 711. The van der Waals surface area contributed by atoms with Gasteiger partial charge in [-0.3, -0.25) is 4.79 Å². The monoisotopic (exact) mass is 402 g/mol. The summed E-state index contributed by atoms with van der Waals surface area (Å²) >= 11 is 3.22. The molecule has 6 atom stereocenters. The van der Waals surface area contributed by atoms with Crippen LogP contribution in [0, 0.1) is 39.8 Å². The highest BCUT2D eigenvalue weighted by Gasteiger charge is 2.64. The van der Waals surface area contributed by atoms with E-state index in [2.05, 4.69) is 40.2 Å². The molecular formula is C22H27BrO2. The van der Waals surface area contributed by atoms with Gasteiger partial charge in [0.15, 0.2) is 5.78 Å². The summed E-state index contributed by atoms with van der Waals surface area (Å²) in [4.78, 5) is 14.7. The molecule has 0 aromatic rings. The second-order valence-corrected chi connectivity index (χ2v) is 9.03. The molecular weight excluding hydrogens is 376 g/mol. The second-order valence-electron chi connectivity index (χ2n) is 8.63. The molecule has 25 heavy (non-hydrogen) atoms. The van der Waals surface area contributed by atoms with Gasteiger partial charge in [-0.05, 0) is 79.5 Å². The molecule has 0 amide bonds. The van der Waals surface area contributed by atoms with Gasteiger partial charge in [0.25, 0.3) is 0 Å². The number of rotatable bonds is 1. The molecule has 0 heterocycles. The first kappa shape index (κ1) is 17.6. The van der Waals surface area contributed by atoms with Crippen LogP contribution in [0.15, 0.2) is 23.8 Å². The molecule has 0 bridgehead atoms. The number of carbonyl (C=O) groups is 1. The summed E-state index contributed by atoms with van der Waals surface area (Å²) in [6.45, 7) is 6.71. The van der Waals surface area contributed by atoms with E-state index in [-0.39, 0.29) is 5.41 Å². The quantitative estimate of drug-likeness (QED) is 0.506. The zero-order valence-corrected chi connectivity index (χ0v) is 16.6. The second kappa shape index (κ2) is 6.10. The maximum Gasteiger partial charge on any atom is 0.155 e. The predicted octanol–water partition coefficient (Wildman–Crippen LogP) is 4.77. The van der Waals surface area contributed by atoms with E-state index in [9.17, 15) is 9.90 Å². The maximum atomic E-state index is 11.8. The third-order valence-corrected chi connectivity index (χ3v) is 8.15. The molecule has 4 aliphatic carbocycles. The topological polar surface area (TPSA) is 37.3 Å². The number of allylic oxidation sites excluding steroid dienone is 2. The van der Waals surface area contributed by atoms with Crippen LogP contribution in [0.4, 0.5) is 0 Å². The van der Waals surface area contributed by atoms with Gasteiger partial charge < -0.3 is 5.11 Å². The first-order valence-electron chi connectivity index (χ1n) is 9.72. The lowest BCUT2D eigenvalue weighted by Crippen LogP contribution is -2.54. The zero-order valence-electron chi connectivity index (χ0n) is 15.0. The van der Waals surface area contributed by atoms with Crippen molar-refractivity contribution in [2.24, 2.45) is 29.1 Å². The van der Waals surface area contributed by atoms with Gasteiger partial charge in [0, 0.05) is 27.8 Å². The zero-order chi connectivity index (χ0) is 17.8. The summed E-state index contributed by atoms with van der Waals surface area (Å²) in [5.74, 6) is 5.53. The van der Waals surface area contributed by atoms with Crippen molar-refractivity contribution in [3.05, 3.63) is 23.8 Å². The summed E-state index contributed by atoms with van der Waals surface area (Å²) in [7, 11) is 0. The lowest BCUT2D eigenvalue weighted by molar-refractivity contribution is -0.116. The largest absolute Gasteiger partial charge is 0.377 e. The molecule has 0 spiro atoms. The number of ketones is 1. The Hall–Kier alpha value is -0.850. The minimum absolute atomic E-state index is 0.155. The predicted molar refractivity (Wildman–Crippen MR) is 103 cm³/mol. The molecule has 4 aliphatic rings. The highest BCUT2D eigenvalue weighted by Crippen LogP contribution is 2.67. The van der Waals surface area contributed by atoms with Crippen LogP contribution in [0.2, 0.25) is 0 Å². The van der Waals surface area contributed by atoms with Crippen LogP contribution < -0.4 is 0 Å². The Kier molecular flexibility index (Phi) is 4.28. The Morgan fingerprint density at radius 1 is 1.36 bits per heavy atom. The molecule has 0 radical (unpaired) electrons. The van der Waals surface area contributed by atoms with Crippen molar-refractivity contribution >= 4 is 21.7 Å². The number of hydrogen-bond acceptors (Lipinski definition) is 2. The van der Waals surface area contributed by atoms with Gasteiger partial charge in [-0.1, -0.05) is 30.6 Å². The molecule has 3 fully saturated rings. The third-order valence-electron chi connectivity index (χ3n) is 7.95.